The zero-order valence-corrected chi connectivity index (χ0v) is 30.3. The minimum Gasteiger partial charge on any atom is -0.484 e. The number of carbonyl (C=O) groups is 2. The normalized spacial score (nSPS) is 18.8. The van der Waals surface area contributed by atoms with Crippen LogP contribution >= 0.6 is 0 Å². The summed E-state index contributed by atoms with van der Waals surface area (Å²) in [4.78, 5) is 40.3. The number of likely N-dealkylation sites (N-methyl/N-ethyl adjacent to an activating group) is 1. The third kappa shape index (κ3) is 8.22. The van der Waals surface area contributed by atoms with Crippen molar-refractivity contribution in [1.82, 2.24) is 45.0 Å². The third-order valence-corrected chi connectivity index (χ3v) is 9.31. The Morgan fingerprint density at radius 2 is 1.64 bits per heavy atom. The fourth-order valence-electron chi connectivity index (χ4n) is 6.43. The van der Waals surface area contributed by atoms with E-state index in [2.05, 4.69) is 79.8 Å². The summed E-state index contributed by atoms with van der Waals surface area (Å²) in [6.07, 6.45) is 3.14. The van der Waals surface area contributed by atoms with Gasteiger partial charge in [0.1, 0.15) is 23.5 Å². The van der Waals surface area contributed by atoms with E-state index in [1.165, 1.54) is 0 Å². The first-order valence-electron chi connectivity index (χ1n) is 17.5. The van der Waals surface area contributed by atoms with Crippen LogP contribution in [0.2, 0.25) is 0 Å². The third-order valence-electron chi connectivity index (χ3n) is 9.31. The number of aromatic nitrogens is 5. The lowest BCUT2D eigenvalue weighted by molar-refractivity contribution is 0.0930. The van der Waals surface area contributed by atoms with Crippen LogP contribution in [0.3, 0.4) is 0 Å². The largest absolute Gasteiger partial charge is 0.484 e. The smallest absolute Gasteiger partial charge is 0.320 e. The Morgan fingerprint density at radius 3 is 2.36 bits per heavy atom. The van der Waals surface area contributed by atoms with Crippen LogP contribution in [0.1, 0.15) is 99.8 Å². The number of piperazine rings is 1. The van der Waals surface area contributed by atoms with Gasteiger partial charge in [0.2, 0.25) is 5.82 Å². The molecule has 0 spiro atoms. The van der Waals surface area contributed by atoms with Gasteiger partial charge in [-0.2, -0.15) is 0 Å². The number of hydrogen-bond donors (Lipinski definition) is 3. The molecule has 13 nitrogen and oxygen atoms in total. The Morgan fingerprint density at radius 1 is 0.900 bits per heavy atom. The molecule has 1 aliphatic carbocycles. The molecule has 50 heavy (non-hydrogen) atoms. The second kappa shape index (κ2) is 14.3. The van der Waals surface area contributed by atoms with E-state index in [1.807, 2.05) is 61.7 Å². The second-order valence-corrected chi connectivity index (χ2v) is 15.4. The van der Waals surface area contributed by atoms with Crippen molar-refractivity contribution in [3.05, 3.63) is 77.1 Å². The fourth-order valence-corrected chi connectivity index (χ4v) is 6.43. The van der Waals surface area contributed by atoms with Crippen LogP contribution in [-0.4, -0.2) is 92.6 Å². The van der Waals surface area contributed by atoms with Crippen molar-refractivity contribution in [2.45, 2.75) is 77.4 Å². The molecular weight excluding hydrogens is 632 g/mol. The van der Waals surface area contributed by atoms with Gasteiger partial charge in [-0.3, -0.25) is 19.4 Å². The average molecular weight is 683 g/mol. The number of nitrogens with zero attached hydrogens (tertiary/aromatic N) is 7. The van der Waals surface area contributed by atoms with E-state index in [9.17, 15) is 9.59 Å². The number of pyridine rings is 1. The molecule has 266 valence electrons. The Balaban J connectivity index is 1.12. The van der Waals surface area contributed by atoms with E-state index in [4.69, 9.17) is 4.74 Å². The molecule has 1 aromatic carbocycles. The quantitative estimate of drug-likeness (QED) is 0.237. The van der Waals surface area contributed by atoms with Gasteiger partial charge in [0.05, 0.1) is 17.9 Å². The highest BCUT2D eigenvalue weighted by molar-refractivity contribution is 5.92. The zero-order valence-electron chi connectivity index (χ0n) is 30.3. The van der Waals surface area contributed by atoms with Crippen LogP contribution in [0.4, 0.5) is 10.6 Å². The van der Waals surface area contributed by atoms with E-state index in [0.717, 1.165) is 61.1 Å². The van der Waals surface area contributed by atoms with Crippen molar-refractivity contribution in [2.24, 2.45) is 0 Å². The number of rotatable bonds is 8. The number of fused-ring (bicyclic) bond motifs is 2. The summed E-state index contributed by atoms with van der Waals surface area (Å²) in [5.41, 5.74) is 2.92. The summed E-state index contributed by atoms with van der Waals surface area (Å²) in [5, 5.41) is 17.7. The molecule has 0 bridgehead atoms. The molecule has 0 unspecified atom stereocenters. The highest BCUT2D eigenvalue weighted by Gasteiger charge is 2.30. The molecule has 3 N–H and O–H groups in total. The van der Waals surface area contributed by atoms with Gasteiger partial charge in [0, 0.05) is 56.2 Å². The topological polar surface area (TPSA) is 142 Å². The number of benzene rings is 1. The van der Waals surface area contributed by atoms with Gasteiger partial charge in [-0.25, -0.2) is 14.8 Å². The zero-order chi connectivity index (χ0) is 35.6. The van der Waals surface area contributed by atoms with E-state index in [-0.39, 0.29) is 40.5 Å². The van der Waals surface area contributed by atoms with Crippen molar-refractivity contribution in [1.29, 1.82) is 0 Å². The van der Waals surface area contributed by atoms with E-state index >= 15 is 0 Å². The molecule has 3 amide bonds. The number of hydrogen-bond acceptors (Lipinski definition) is 9. The molecule has 4 aromatic rings. The first kappa shape index (κ1) is 35.2. The highest BCUT2D eigenvalue weighted by Crippen LogP contribution is 2.39. The van der Waals surface area contributed by atoms with Crippen LogP contribution in [0.15, 0.2) is 48.7 Å². The van der Waals surface area contributed by atoms with Gasteiger partial charge in [-0.1, -0.05) is 65.8 Å². The van der Waals surface area contributed by atoms with Crippen molar-refractivity contribution < 1.29 is 14.3 Å². The van der Waals surface area contributed by atoms with Crippen LogP contribution in [0.25, 0.3) is 5.65 Å². The van der Waals surface area contributed by atoms with Crippen molar-refractivity contribution in [3.8, 4) is 5.75 Å². The molecule has 2 atom stereocenters. The van der Waals surface area contributed by atoms with Crippen LogP contribution in [0, 0.1) is 0 Å². The standard InChI is InChI=1S/C37H50N10O3/c1-36(2,3)29-22-30(41-32(40-29)33(48)38-16-17-46-20-18-45(7)19-21-46)42-35(49)39-27-13-14-28(26-11-9-8-10-25(26)27)50-24-12-15-31-43-44-34(37(4,5)6)47(31)23-24/h8-12,15,22-23,27-28H,13-14,16-21H2,1-7H3,(H,38,48)(H2,39,40,41,42,49)/t27-,28+/m0/s1. The maximum absolute atomic E-state index is 13.4. The first-order valence-corrected chi connectivity index (χ1v) is 17.5. The minimum atomic E-state index is -0.406. The predicted molar refractivity (Wildman–Crippen MR) is 193 cm³/mol. The summed E-state index contributed by atoms with van der Waals surface area (Å²) in [6, 6.07) is 13.0. The Bertz CT molecular complexity index is 1840. The molecule has 0 radical (unpaired) electrons. The number of carbonyl (C=O) groups excluding carboxylic acids is 2. The molecule has 1 saturated heterocycles. The van der Waals surface area contributed by atoms with Gasteiger partial charge >= 0.3 is 6.03 Å². The molecular formula is C37H50N10O3. The van der Waals surface area contributed by atoms with Crippen molar-refractivity contribution >= 4 is 23.4 Å². The van der Waals surface area contributed by atoms with Crippen LogP contribution in [0.5, 0.6) is 5.75 Å². The SMILES string of the molecule is CN1CCN(CCNC(=O)c2nc(NC(=O)N[C@H]3CC[C@@H](Oc4ccc5nnc(C(C)(C)C)n5c4)c4ccccc43)cc(C(C)(C)C)n2)CC1. The maximum atomic E-state index is 13.4. The molecule has 3 aromatic heterocycles. The minimum absolute atomic E-state index is 0.0355. The monoisotopic (exact) mass is 682 g/mol. The first-order chi connectivity index (χ1) is 23.7. The average Bonchev–Trinajstić information content (AvgIpc) is 3.50. The lowest BCUT2D eigenvalue weighted by atomic mass is 9.85. The Hall–Kier alpha value is -4.62. The van der Waals surface area contributed by atoms with Gasteiger partial charge in [0.25, 0.3) is 5.91 Å². The van der Waals surface area contributed by atoms with Gasteiger partial charge in [0.15, 0.2) is 5.65 Å². The van der Waals surface area contributed by atoms with E-state index in [0.29, 0.717) is 25.1 Å². The molecule has 6 rings (SSSR count). The van der Waals surface area contributed by atoms with E-state index < -0.39 is 6.03 Å². The predicted octanol–water partition coefficient (Wildman–Crippen LogP) is 4.87. The second-order valence-electron chi connectivity index (χ2n) is 15.4. The summed E-state index contributed by atoms with van der Waals surface area (Å²) in [6.45, 7) is 17.6. The van der Waals surface area contributed by atoms with Gasteiger partial charge < -0.3 is 20.3 Å². The van der Waals surface area contributed by atoms with Gasteiger partial charge in [-0.15, -0.1) is 10.2 Å². The Labute approximate surface area is 294 Å². The number of urea groups is 1. The Kier molecular flexibility index (Phi) is 10.1. The van der Waals surface area contributed by atoms with Gasteiger partial charge in [-0.05, 0) is 43.1 Å². The number of anilines is 1. The molecule has 1 fully saturated rings. The van der Waals surface area contributed by atoms with Crippen molar-refractivity contribution in [3.63, 3.8) is 0 Å². The lowest BCUT2D eigenvalue weighted by Gasteiger charge is -2.32. The van der Waals surface area contributed by atoms with Crippen LogP contribution < -0.4 is 20.7 Å². The summed E-state index contributed by atoms with van der Waals surface area (Å²) in [5.74, 6) is 1.54. The lowest BCUT2D eigenvalue weighted by Crippen LogP contribution is -2.47. The highest BCUT2D eigenvalue weighted by atomic mass is 16.5. The van der Waals surface area contributed by atoms with Crippen LogP contribution in [-0.2, 0) is 10.8 Å². The number of ether oxygens (including phenoxy) is 1. The molecule has 4 heterocycles. The van der Waals surface area contributed by atoms with Crippen molar-refractivity contribution in [2.75, 3.05) is 51.6 Å². The molecule has 2 aliphatic rings. The fraction of sp³-hybridized carbons (Fsp3) is 0.514. The van der Waals surface area contributed by atoms with E-state index in [1.54, 1.807) is 6.07 Å². The summed E-state index contributed by atoms with van der Waals surface area (Å²) in [7, 11) is 2.12. The summed E-state index contributed by atoms with van der Waals surface area (Å²) < 4.78 is 8.55. The number of amides is 3. The molecule has 1 aliphatic heterocycles. The summed E-state index contributed by atoms with van der Waals surface area (Å²) >= 11 is 0. The number of nitrogens with one attached hydrogen (secondary N) is 3. The molecule has 0 saturated carbocycles. The maximum Gasteiger partial charge on any atom is 0.320 e. The molecule has 13 heteroatoms.